The Bertz CT molecular complexity index is 599. The van der Waals surface area contributed by atoms with E-state index < -0.39 is 5.91 Å². The average Bonchev–Trinajstić information content (AvgIpc) is 2.38. The Kier molecular flexibility index (Phi) is 4.02. The maximum absolute atomic E-state index is 13.5. The first-order chi connectivity index (χ1) is 9.06. The van der Waals surface area contributed by atoms with Crippen molar-refractivity contribution in [3.63, 3.8) is 0 Å². The van der Waals surface area contributed by atoms with Crippen molar-refractivity contribution in [2.45, 2.75) is 6.54 Å². The summed E-state index contributed by atoms with van der Waals surface area (Å²) in [6.07, 6.45) is 0. The highest BCUT2D eigenvalue weighted by molar-refractivity contribution is 6.30. The number of carbonyl (C=O) groups is 1. The molecular weight excluding hydrogens is 267 g/mol. The van der Waals surface area contributed by atoms with Gasteiger partial charge in [-0.2, -0.15) is 0 Å². The lowest BCUT2D eigenvalue weighted by Crippen LogP contribution is -2.10. The molecule has 0 bridgehead atoms. The lowest BCUT2D eigenvalue weighted by molar-refractivity contribution is 0.100. The van der Waals surface area contributed by atoms with Crippen molar-refractivity contribution >= 4 is 23.2 Å². The third-order valence-electron chi connectivity index (χ3n) is 2.67. The molecule has 0 aliphatic rings. The molecule has 0 atom stereocenters. The number of anilines is 1. The predicted molar refractivity (Wildman–Crippen MR) is 73.7 cm³/mol. The average molecular weight is 279 g/mol. The zero-order chi connectivity index (χ0) is 13.8. The molecule has 0 unspecified atom stereocenters. The minimum absolute atomic E-state index is 0.332. The molecule has 0 fully saturated rings. The van der Waals surface area contributed by atoms with Crippen LogP contribution in [0.15, 0.2) is 42.5 Å². The largest absolute Gasteiger partial charge is 0.381 e. The third-order valence-corrected chi connectivity index (χ3v) is 2.90. The van der Waals surface area contributed by atoms with Crippen LogP contribution in [0.3, 0.4) is 0 Å². The summed E-state index contributed by atoms with van der Waals surface area (Å²) < 4.78 is 13.5. The molecule has 3 nitrogen and oxygen atoms in total. The Balaban J connectivity index is 2.04. The Morgan fingerprint density at radius 1 is 1.21 bits per heavy atom. The number of nitrogens with one attached hydrogen (secondary N) is 1. The van der Waals surface area contributed by atoms with Gasteiger partial charge in [0.1, 0.15) is 5.82 Å². The molecule has 1 amide bonds. The monoisotopic (exact) mass is 278 g/mol. The van der Waals surface area contributed by atoms with Crippen molar-refractivity contribution in [2.24, 2.45) is 5.73 Å². The van der Waals surface area contributed by atoms with Gasteiger partial charge in [-0.3, -0.25) is 4.79 Å². The maximum atomic E-state index is 13.5. The normalized spacial score (nSPS) is 10.2. The van der Waals surface area contributed by atoms with Gasteiger partial charge in [0.2, 0.25) is 5.91 Å². The number of primary amides is 1. The van der Waals surface area contributed by atoms with Gasteiger partial charge in [-0.25, -0.2) is 4.39 Å². The smallest absolute Gasteiger partial charge is 0.248 e. The molecule has 0 heterocycles. The molecule has 0 radical (unpaired) electrons. The summed E-state index contributed by atoms with van der Waals surface area (Å²) in [4.78, 5) is 10.9. The van der Waals surface area contributed by atoms with E-state index in [1.807, 2.05) is 0 Å². The lowest BCUT2D eigenvalue weighted by Gasteiger charge is -2.08. The van der Waals surface area contributed by atoms with Crippen molar-refractivity contribution in [3.05, 3.63) is 64.4 Å². The highest BCUT2D eigenvalue weighted by Gasteiger charge is 2.03. The van der Waals surface area contributed by atoms with E-state index in [9.17, 15) is 9.18 Å². The van der Waals surface area contributed by atoms with Crippen LogP contribution in [0, 0.1) is 5.82 Å². The summed E-state index contributed by atoms with van der Waals surface area (Å²) in [5.74, 6) is -0.830. The maximum Gasteiger partial charge on any atom is 0.248 e. The highest BCUT2D eigenvalue weighted by Crippen LogP contribution is 2.16. The first-order valence-corrected chi connectivity index (χ1v) is 6.02. The summed E-state index contributed by atoms with van der Waals surface area (Å²) in [6.45, 7) is 0.332. The van der Waals surface area contributed by atoms with Gasteiger partial charge in [0.05, 0.1) is 0 Å². The Morgan fingerprint density at radius 3 is 2.47 bits per heavy atom. The highest BCUT2D eigenvalue weighted by atomic mass is 35.5. The standard InChI is InChI=1S/C14H12ClFN2O/c15-11-4-1-10(13(16)7-11)8-18-12-5-2-9(3-6-12)14(17)19/h1-7,18H,8H2,(H2,17,19). The quantitative estimate of drug-likeness (QED) is 0.902. The van der Waals surface area contributed by atoms with E-state index in [0.717, 1.165) is 5.69 Å². The van der Waals surface area contributed by atoms with Crippen molar-refractivity contribution in [1.82, 2.24) is 0 Å². The summed E-state index contributed by atoms with van der Waals surface area (Å²) in [7, 11) is 0. The van der Waals surface area contributed by atoms with Gasteiger partial charge in [-0.1, -0.05) is 17.7 Å². The van der Waals surface area contributed by atoms with Crippen LogP contribution in [0.5, 0.6) is 0 Å². The second-order valence-corrected chi connectivity index (χ2v) is 4.47. The van der Waals surface area contributed by atoms with Gasteiger partial charge in [-0.15, -0.1) is 0 Å². The van der Waals surface area contributed by atoms with Crippen LogP contribution in [0.1, 0.15) is 15.9 Å². The summed E-state index contributed by atoms with van der Waals surface area (Å²) in [5.41, 5.74) is 6.87. The minimum Gasteiger partial charge on any atom is -0.381 e. The van der Waals surface area contributed by atoms with Crippen LogP contribution in [0.4, 0.5) is 10.1 Å². The number of halogens is 2. The van der Waals surface area contributed by atoms with Crippen LogP contribution in [-0.2, 0) is 6.54 Å². The molecule has 19 heavy (non-hydrogen) atoms. The van der Waals surface area contributed by atoms with Crippen LogP contribution in [0.2, 0.25) is 5.02 Å². The van der Waals surface area contributed by atoms with E-state index in [4.69, 9.17) is 17.3 Å². The number of amides is 1. The molecule has 0 aliphatic heterocycles. The van der Waals surface area contributed by atoms with Crippen molar-refractivity contribution < 1.29 is 9.18 Å². The zero-order valence-electron chi connectivity index (χ0n) is 9.99. The van der Waals surface area contributed by atoms with Crippen molar-refractivity contribution in [1.29, 1.82) is 0 Å². The van der Waals surface area contributed by atoms with Crippen LogP contribution in [-0.4, -0.2) is 5.91 Å². The van der Waals surface area contributed by atoms with Crippen LogP contribution in [0.25, 0.3) is 0 Å². The fourth-order valence-corrected chi connectivity index (χ4v) is 1.77. The molecule has 98 valence electrons. The fourth-order valence-electron chi connectivity index (χ4n) is 1.61. The molecule has 0 spiro atoms. The molecule has 3 N–H and O–H groups in total. The topological polar surface area (TPSA) is 55.1 Å². The molecule has 0 aromatic heterocycles. The van der Waals surface area contributed by atoms with Gasteiger partial charge in [0, 0.05) is 28.4 Å². The third kappa shape index (κ3) is 3.45. The molecule has 0 saturated carbocycles. The fraction of sp³-hybridized carbons (Fsp3) is 0.0714. The lowest BCUT2D eigenvalue weighted by atomic mass is 10.2. The summed E-state index contributed by atoms with van der Waals surface area (Å²) in [6, 6.07) is 11.2. The van der Waals surface area contributed by atoms with Gasteiger partial charge in [0.15, 0.2) is 0 Å². The number of rotatable bonds is 4. The summed E-state index contributed by atoms with van der Waals surface area (Å²) >= 11 is 5.68. The molecular formula is C14H12ClFN2O. The van der Waals surface area contributed by atoms with Gasteiger partial charge in [-0.05, 0) is 36.4 Å². The Labute approximate surface area is 115 Å². The van der Waals surface area contributed by atoms with E-state index >= 15 is 0 Å². The van der Waals surface area contributed by atoms with E-state index in [1.165, 1.54) is 6.07 Å². The number of hydrogen-bond donors (Lipinski definition) is 2. The van der Waals surface area contributed by atoms with Crippen LogP contribution < -0.4 is 11.1 Å². The molecule has 0 aliphatic carbocycles. The predicted octanol–water partition coefficient (Wildman–Crippen LogP) is 3.19. The summed E-state index contributed by atoms with van der Waals surface area (Å²) in [5, 5.41) is 3.42. The molecule has 2 aromatic carbocycles. The van der Waals surface area contributed by atoms with Gasteiger partial charge < -0.3 is 11.1 Å². The molecule has 2 aromatic rings. The Hall–Kier alpha value is -2.07. The minimum atomic E-state index is -0.477. The second kappa shape index (κ2) is 5.71. The first kappa shape index (κ1) is 13.4. The number of benzene rings is 2. The zero-order valence-corrected chi connectivity index (χ0v) is 10.7. The van der Waals surface area contributed by atoms with Crippen molar-refractivity contribution in [2.75, 3.05) is 5.32 Å². The first-order valence-electron chi connectivity index (χ1n) is 5.64. The molecule has 0 saturated heterocycles. The number of carbonyl (C=O) groups excluding carboxylic acids is 1. The molecule has 2 rings (SSSR count). The number of hydrogen-bond acceptors (Lipinski definition) is 2. The van der Waals surface area contributed by atoms with E-state index in [-0.39, 0.29) is 5.82 Å². The SMILES string of the molecule is NC(=O)c1ccc(NCc2ccc(Cl)cc2F)cc1. The second-order valence-electron chi connectivity index (χ2n) is 4.03. The van der Waals surface area contributed by atoms with Gasteiger partial charge >= 0.3 is 0 Å². The van der Waals surface area contributed by atoms with E-state index in [1.54, 1.807) is 36.4 Å². The molecule has 5 heteroatoms. The van der Waals surface area contributed by atoms with E-state index in [0.29, 0.717) is 22.7 Å². The Morgan fingerprint density at radius 2 is 1.89 bits per heavy atom. The van der Waals surface area contributed by atoms with Crippen molar-refractivity contribution in [3.8, 4) is 0 Å². The van der Waals surface area contributed by atoms with Crippen LogP contribution >= 0.6 is 11.6 Å². The van der Waals surface area contributed by atoms with E-state index in [2.05, 4.69) is 5.32 Å². The van der Waals surface area contributed by atoms with Gasteiger partial charge in [0.25, 0.3) is 0 Å². The number of nitrogens with two attached hydrogens (primary N) is 1.